The van der Waals surface area contributed by atoms with Crippen molar-refractivity contribution in [1.82, 2.24) is 19.7 Å². The first kappa shape index (κ1) is 15.3. The van der Waals surface area contributed by atoms with Gasteiger partial charge in [0.15, 0.2) is 5.82 Å². The lowest BCUT2D eigenvalue weighted by atomic mass is 10.1. The highest BCUT2D eigenvalue weighted by Gasteiger charge is 2.29. The van der Waals surface area contributed by atoms with Crippen LogP contribution in [0.1, 0.15) is 23.6 Å². The molecule has 1 aromatic carbocycles. The Morgan fingerprint density at radius 2 is 2.08 bits per heavy atom. The maximum Gasteiger partial charge on any atom is 0.228 e. The van der Waals surface area contributed by atoms with E-state index < -0.39 is 0 Å². The third kappa shape index (κ3) is 3.19. The molecule has 2 aliphatic heterocycles. The van der Waals surface area contributed by atoms with Gasteiger partial charge in [-0.1, -0.05) is 30.3 Å². The molecule has 1 aromatic heterocycles. The molecular weight excluding hydrogens is 304 g/mol. The van der Waals surface area contributed by atoms with Gasteiger partial charge in [0.2, 0.25) is 5.91 Å². The van der Waals surface area contributed by atoms with E-state index in [-0.39, 0.29) is 11.8 Å². The van der Waals surface area contributed by atoms with Gasteiger partial charge < -0.3 is 9.64 Å². The lowest BCUT2D eigenvalue weighted by Crippen LogP contribution is -2.38. The highest BCUT2D eigenvalue weighted by Crippen LogP contribution is 2.18. The van der Waals surface area contributed by atoms with Crippen LogP contribution < -0.4 is 0 Å². The second kappa shape index (κ2) is 6.73. The monoisotopic (exact) mass is 326 g/mol. The van der Waals surface area contributed by atoms with Crippen molar-refractivity contribution < 1.29 is 9.53 Å². The molecule has 0 radical (unpaired) electrons. The maximum absolute atomic E-state index is 12.5. The lowest BCUT2D eigenvalue weighted by Gasteiger charge is -2.22. The molecule has 0 saturated carbocycles. The molecule has 126 valence electrons. The van der Waals surface area contributed by atoms with E-state index in [2.05, 4.69) is 22.2 Å². The normalized spacial score (nSPS) is 20.7. The van der Waals surface area contributed by atoms with Crippen molar-refractivity contribution in [2.24, 2.45) is 5.92 Å². The Bertz CT molecular complexity index is 682. The van der Waals surface area contributed by atoms with E-state index in [1.54, 1.807) is 0 Å². The van der Waals surface area contributed by atoms with E-state index in [0.29, 0.717) is 19.8 Å². The molecule has 1 atom stereocenters. The molecule has 2 aromatic rings. The van der Waals surface area contributed by atoms with Crippen molar-refractivity contribution >= 4 is 5.91 Å². The first-order chi connectivity index (χ1) is 11.8. The molecule has 0 N–H and O–H groups in total. The van der Waals surface area contributed by atoms with Gasteiger partial charge in [-0.2, -0.15) is 5.10 Å². The second-order valence-electron chi connectivity index (χ2n) is 6.47. The minimum atomic E-state index is 0.0389. The average Bonchev–Trinajstić information content (AvgIpc) is 3.22. The van der Waals surface area contributed by atoms with Gasteiger partial charge >= 0.3 is 0 Å². The van der Waals surface area contributed by atoms with E-state index >= 15 is 0 Å². The number of carbonyl (C=O) groups excluding carboxylic acids is 1. The molecule has 6 heteroatoms. The van der Waals surface area contributed by atoms with Crippen LogP contribution in [0, 0.1) is 5.92 Å². The molecule has 1 amide bonds. The van der Waals surface area contributed by atoms with Crippen molar-refractivity contribution in [3.63, 3.8) is 0 Å². The van der Waals surface area contributed by atoms with Gasteiger partial charge in [0.05, 0.1) is 19.1 Å². The number of amides is 1. The van der Waals surface area contributed by atoms with E-state index in [9.17, 15) is 4.79 Å². The summed E-state index contributed by atoms with van der Waals surface area (Å²) >= 11 is 0. The fraction of sp³-hybridized carbons (Fsp3) is 0.500. The van der Waals surface area contributed by atoms with Gasteiger partial charge in [0, 0.05) is 32.5 Å². The van der Waals surface area contributed by atoms with E-state index in [4.69, 9.17) is 4.74 Å². The van der Waals surface area contributed by atoms with Crippen molar-refractivity contribution in [2.45, 2.75) is 25.8 Å². The van der Waals surface area contributed by atoms with Gasteiger partial charge in [0.25, 0.3) is 0 Å². The quantitative estimate of drug-likeness (QED) is 0.853. The number of rotatable bonds is 3. The summed E-state index contributed by atoms with van der Waals surface area (Å²) in [5.74, 6) is 2.11. The second-order valence-corrected chi connectivity index (χ2v) is 6.47. The fourth-order valence-corrected chi connectivity index (χ4v) is 3.41. The fourth-order valence-electron chi connectivity index (χ4n) is 3.41. The number of nitrogens with zero attached hydrogens (tertiary/aromatic N) is 4. The summed E-state index contributed by atoms with van der Waals surface area (Å²) in [6.45, 7) is 3.42. The van der Waals surface area contributed by atoms with Crippen LogP contribution in [0.3, 0.4) is 0 Å². The maximum atomic E-state index is 12.5. The first-order valence-corrected chi connectivity index (χ1v) is 8.62. The van der Waals surface area contributed by atoms with Crippen molar-refractivity contribution in [3.05, 3.63) is 47.5 Å². The minimum Gasteiger partial charge on any atom is -0.381 e. The van der Waals surface area contributed by atoms with E-state index in [1.165, 1.54) is 5.56 Å². The number of fused-ring (bicyclic) bond motifs is 1. The summed E-state index contributed by atoms with van der Waals surface area (Å²) in [4.78, 5) is 19.2. The molecule has 4 rings (SSSR count). The highest BCUT2D eigenvalue weighted by molar-refractivity contribution is 5.79. The topological polar surface area (TPSA) is 60.2 Å². The third-order valence-electron chi connectivity index (χ3n) is 4.77. The predicted molar refractivity (Wildman–Crippen MR) is 88.5 cm³/mol. The number of carbonyl (C=O) groups is 1. The average molecular weight is 326 g/mol. The molecule has 3 heterocycles. The molecule has 1 saturated heterocycles. The summed E-state index contributed by atoms with van der Waals surface area (Å²) in [5.41, 5.74) is 1.22. The summed E-state index contributed by atoms with van der Waals surface area (Å²) < 4.78 is 7.31. The van der Waals surface area contributed by atoms with Crippen molar-refractivity contribution in [3.8, 4) is 0 Å². The van der Waals surface area contributed by atoms with Crippen LogP contribution in [0.4, 0.5) is 0 Å². The largest absolute Gasteiger partial charge is 0.381 e. The van der Waals surface area contributed by atoms with Crippen molar-refractivity contribution in [2.75, 3.05) is 26.3 Å². The van der Waals surface area contributed by atoms with Gasteiger partial charge in [-0.3, -0.25) is 4.79 Å². The first-order valence-electron chi connectivity index (χ1n) is 8.62. The Balaban J connectivity index is 1.41. The van der Waals surface area contributed by atoms with Gasteiger partial charge in [-0.15, -0.1) is 0 Å². The van der Waals surface area contributed by atoms with Crippen LogP contribution in [-0.2, 0) is 28.9 Å². The number of hydrogen-bond acceptors (Lipinski definition) is 4. The molecule has 0 spiro atoms. The lowest BCUT2D eigenvalue weighted by molar-refractivity contribution is -0.135. The molecule has 24 heavy (non-hydrogen) atoms. The third-order valence-corrected chi connectivity index (χ3v) is 4.77. The summed E-state index contributed by atoms with van der Waals surface area (Å²) in [7, 11) is 0. The Hall–Kier alpha value is -2.21. The van der Waals surface area contributed by atoms with Crippen LogP contribution >= 0.6 is 0 Å². The Labute approximate surface area is 141 Å². The number of hydrogen-bond donors (Lipinski definition) is 0. The Morgan fingerprint density at radius 3 is 2.88 bits per heavy atom. The van der Waals surface area contributed by atoms with Gasteiger partial charge in [-0.05, 0) is 12.0 Å². The summed E-state index contributed by atoms with van der Waals surface area (Å²) in [6, 6.07) is 10.3. The molecule has 1 unspecified atom stereocenters. The van der Waals surface area contributed by atoms with Crippen LogP contribution in [-0.4, -0.2) is 51.9 Å². The Morgan fingerprint density at radius 1 is 1.21 bits per heavy atom. The molecule has 0 aliphatic carbocycles. The zero-order valence-corrected chi connectivity index (χ0v) is 13.7. The summed E-state index contributed by atoms with van der Waals surface area (Å²) in [5, 5.41) is 4.64. The SMILES string of the molecule is O=C(C1CCOC1)N1CCc2nc(Cc3ccccc3)nn2CC1. The van der Waals surface area contributed by atoms with Crippen LogP contribution in [0.25, 0.3) is 0 Å². The summed E-state index contributed by atoms with van der Waals surface area (Å²) in [6.07, 6.45) is 2.36. The van der Waals surface area contributed by atoms with Crippen LogP contribution in [0.5, 0.6) is 0 Å². The molecular formula is C18H22N4O2. The Kier molecular flexibility index (Phi) is 4.30. The zero-order chi connectivity index (χ0) is 16.4. The predicted octanol–water partition coefficient (Wildman–Crippen LogP) is 1.29. The van der Waals surface area contributed by atoms with Crippen molar-refractivity contribution in [1.29, 1.82) is 0 Å². The van der Waals surface area contributed by atoms with E-state index in [1.807, 2.05) is 27.8 Å². The smallest absolute Gasteiger partial charge is 0.228 e. The number of benzene rings is 1. The van der Waals surface area contributed by atoms with Crippen LogP contribution in [0.2, 0.25) is 0 Å². The highest BCUT2D eigenvalue weighted by atomic mass is 16.5. The van der Waals surface area contributed by atoms with E-state index in [0.717, 1.165) is 44.0 Å². The molecule has 2 aliphatic rings. The minimum absolute atomic E-state index is 0.0389. The number of ether oxygens (including phenoxy) is 1. The zero-order valence-electron chi connectivity index (χ0n) is 13.7. The van der Waals surface area contributed by atoms with Crippen LogP contribution in [0.15, 0.2) is 30.3 Å². The molecule has 0 bridgehead atoms. The number of aromatic nitrogens is 3. The van der Waals surface area contributed by atoms with Gasteiger partial charge in [-0.25, -0.2) is 9.67 Å². The molecule has 6 nitrogen and oxygen atoms in total. The standard InChI is InChI=1S/C18H22N4O2/c23-18(15-7-11-24-13-15)21-8-6-17-19-16(20-22(17)10-9-21)12-14-4-2-1-3-5-14/h1-5,15H,6-13H2. The van der Waals surface area contributed by atoms with Gasteiger partial charge in [0.1, 0.15) is 5.82 Å². The molecule has 1 fully saturated rings.